The van der Waals surface area contributed by atoms with E-state index < -0.39 is 0 Å². The first-order chi connectivity index (χ1) is 12.6. The molecular weight excluding hydrogens is 330 g/mol. The molecule has 2 aromatic rings. The predicted molar refractivity (Wildman–Crippen MR) is 99.7 cm³/mol. The minimum absolute atomic E-state index is 0.0456. The average Bonchev–Trinajstić information content (AvgIpc) is 2.65. The van der Waals surface area contributed by atoms with Crippen molar-refractivity contribution < 1.29 is 19.0 Å². The summed E-state index contributed by atoms with van der Waals surface area (Å²) in [6.07, 6.45) is 0.132. The monoisotopic (exact) mass is 355 g/mol. The summed E-state index contributed by atoms with van der Waals surface area (Å²) in [7, 11) is 1.62. The Morgan fingerprint density at radius 3 is 2.27 bits per heavy atom. The highest BCUT2D eigenvalue weighted by Crippen LogP contribution is 2.26. The van der Waals surface area contributed by atoms with Gasteiger partial charge in [-0.1, -0.05) is 24.3 Å². The van der Waals surface area contributed by atoms with Gasteiger partial charge in [0.15, 0.2) is 11.5 Å². The smallest absolute Gasteiger partial charge is 0.254 e. The topological polar surface area (TPSA) is 48.0 Å². The molecular formula is C21H25NO4. The van der Waals surface area contributed by atoms with Crippen molar-refractivity contribution in [3.8, 4) is 11.5 Å². The van der Waals surface area contributed by atoms with Gasteiger partial charge in [0.2, 0.25) is 0 Å². The van der Waals surface area contributed by atoms with Crippen LogP contribution in [0, 0.1) is 0 Å². The molecule has 1 heterocycles. The Hall–Kier alpha value is -2.53. The number of methoxy groups -OCH3 is 1. The maximum Gasteiger partial charge on any atom is 0.254 e. The molecule has 1 saturated heterocycles. The molecule has 0 N–H and O–H groups in total. The molecule has 0 aliphatic carbocycles. The molecule has 2 aromatic carbocycles. The third-order valence-electron chi connectivity index (χ3n) is 4.37. The van der Waals surface area contributed by atoms with Crippen LogP contribution in [-0.2, 0) is 11.3 Å². The minimum atomic E-state index is 0.0456. The Labute approximate surface area is 154 Å². The lowest BCUT2D eigenvalue weighted by Gasteiger charge is -2.35. The summed E-state index contributed by atoms with van der Waals surface area (Å²) in [6, 6.07) is 15.1. The largest absolute Gasteiger partial charge is 0.493 e. The number of carbonyl (C=O) groups excluding carboxylic acids is 1. The summed E-state index contributed by atoms with van der Waals surface area (Å²) in [4.78, 5) is 14.5. The van der Waals surface area contributed by atoms with E-state index in [9.17, 15) is 4.79 Å². The molecule has 2 atom stereocenters. The van der Waals surface area contributed by atoms with Gasteiger partial charge in [-0.2, -0.15) is 0 Å². The molecule has 138 valence electrons. The van der Waals surface area contributed by atoms with E-state index in [0.717, 1.165) is 5.56 Å². The molecule has 1 fully saturated rings. The van der Waals surface area contributed by atoms with Gasteiger partial charge in [-0.05, 0) is 43.7 Å². The van der Waals surface area contributed by atoms with Gasteiger partial charge in [-0.15, -0.1) is 0 Å². The highest BCUT2D eigenvalue weighted by Gasteiger charge is 2.26. The Balaban J connectivity index is 1.62. The van der Waals surface area contributed by atoms with Crippen molar-refractivity contribution in [1.29, 1.82) is 0 Å². The minimum Gasteiger partial charge on any atom is -0.493 e. The van der Waals surface area contributed by atoms with Crippen molar-refractivity contribution in [2.45, 2.75) is 32.7 Å². The summed E-state index contributed by atoms with van der Waals surface area (Å²) < 4.78 is 16.8. The van der Waals surface area contributed by atoms with E-state index in [1.807, 2.05) is 67.3 Å². The average molecular weight is 355 g/mol. The molecule has 1 aliphatic heterocycles. The molecule has 5 heteroatoms. The molecule has 0 bridgehead atoms. The van der Waals surface area contributed by atoms with Gasteiger partial charge in [0.05, 0.1) is 19.3 Å². The molecule has 1 aliphatic rings. The Morgan fingerprint density at radius 2 is 1.65 bits per heavy atom. The lowest BCUT2D eigenvalue weighted by Crippen LogP contribution is -2.48. The van der Waals surface area contributed by atoms with Gasteiger partial charge in [-0.3, -0.25) is 4.79 Å². The van der Waals surface area contributed by atoms with Crippen LogP contribution in [0.5, 0.6) is 11.5 Å². The van der Waals surface area contributed by atoms with Crippen LogP contribution in [0.3, 0.4) is 0 Å². The normalized spacial score (nSPS) is 19.9. The molecule has 0 spiro atoms. The van der Waals surface area contributed by atoms with Gasteiger partial charge in [0.25, 0.3) is 5.91 Å². The summed E-state index contributed by atoms with van der Waals surface area (Å²) in [6.45, 7) is 5.66. The first-order valence-electron chi connectivity index (χ1n) is 8.86. The van der Waals surface area contributed by atoms with Gasteiger partial charge in [0.1, 0.15) is 6.61 Å². The predicted octanol–water partition coefficient (Wildman–Crippen LogP) is 3.52. The Bertz CT molecular complexity index is 734. The van der Waals surface area contributed by atoms with Crippen molar-refractivity contribution >= 4 is 5.91 Å². The summed E-state index contributed by atoms with van der Waals surface area (Å²) in [5.41, 5.74) is 1.68. The van der Waals surface area contributed by atoms with Crippen molar-refractivity contribution in [3.63, 3.8) is 0 Å². The maximum atomic E-state index is 12.7. The van der Waals surface area contributed by atoms with Crippen LogP contribution in [-0.4, -0.2) is 43.2 Å². The van der Waals surface area contributed by atoms with Gasteiger partial charge in [-0.25, -0.2) is 0 Å². The SMILES string of the molecule is COc1ccccc1OCc1ccc(C(=O)N2C[C@@H](C)O[C@H](C)C2)cc1. The molecule has 5 nitrogen and oxygen atoms in total. The first kappa shape index (κ1) is 18.3. The van der Waals surface area contributed by atoms with E-state index in [1.54, 1.807) is 7.11 Å². The number of para-hydroxylation sites is 2. The molecule has 3 rings (SSSR count). The van der Waals surface area contributed by atoms with E-state index >= 15 is 0 Å². The van der Waals surface area contributed by atoms with E-state index in [0.29, 0.717) is 36.8 Å². The molecule has 26 heavy (non-hydrogen) atoms. The zero-order chi connectivity index (χ0) is 18.5. The molecule has 0 aromatic heterocycles. The first-order valence-corrected chi connectivity index (χ1v) is 8.86. The van der Waals surface area contributed by atoms with Crippen LogP contribution in [0.2, 0.25) is 0 Å². The standard InChI is InChI=1S/C21H25NO4/c1-15-12-22(13-16(2)26-15)21(23)18-10-8-17(9-11-18)14-25-20-7-5-4-6-19(20)24-3/h4-11,15-16H,12-14H2,1-3H3/t15-,16-/m1/s1. The van der Waals surface area contributed by atoms with E-state index in [-0.39, 0.29) is 18.1 Å². The lowest BCUT2D eigenvalue weighted by molar-refractivity contribution is -0.0586. The number of amides is 1. The number of nitrogens with zero attached hydrogens (tertiary/aromatic N) is 1. The second-order valence-electron chi connectivity index (χ2n) is 6.60. The number of morpholine rings is 1. The molecule has 0 radical (unpaired) electrons. The number of rotatable bonds is 5. The van der Waals surface area contributed by atoms with Gasteiger partial charge >= 0.3 is 0 Å². The van der Waals surface area contributed by atoms with Crippen LogP contribution < -0.4 is 9.47 Å². The van der Waals surface area contributed by atoms with Crippen molar-refractivity contribution in [2.24, 2.45) is 0 Å². The van der Waals surface area contributed by atoms with E-state index in [4.69, 9.17) is 14.2 Å². The fourth-order valence-electron chi connectivity index (χ4n) is 3.17. The number of carbonyl (C=O) groups is 1. The van der Waals surface area contributed by atoms with Crippen LogP contribution >= 0.6 is 0 Å². The highest BCUT2D eigenvalue weighted by atomic mass is 16.5. The fraction of sp³-hybridized carbons (Fsp3) is 0.381. The second kappa shape index (κ2) is 8.23. The fourth-order valence-corrected chi connectivity index (χ4v) is 3.17. The summed E-state index contributed by atoms with van der Waals surface area (Å²) in [5, 5.41) is 0. The summed E-state index contributed by atoms with van der Waals surface area (Å²) in [5.74, 6) is 1.45. The van der Waals surface area contributed by atoms with Crippen LogP contribution in [0.25, 0.3) is 0 Å². The zero-order valence-corrected chi connectivity index (χ0v) is 15.5. The van der Waals surface area contributed by atoms with Crippen LogP contribution in [0.15, 0.2) is 48.5 Å². The summed E-state index contributed by atoms with van der Waals surface area (Å²) >= 11 is 0. The van der Waals surface area contributed by atoms with Crippen molar-refractivity contribution in [3.05, 3.63) is 59.7 Å². The number of ether oxygens (including phenoxy) is 3. The van der Waals surface area contributed by atoms with Crippen LogP contribution in [0.1, 0.15) is 29.8 Å². The molecule has 1 amide bonds. The Kier molecular flexibility index (Phi) is 5.78. The van der Waals surface area contributed by atoms with Gasteiger partial charge in [0, 0.05) is 18.7 Å². The van der Waals surface area contributed by atoms with E-state index in [1.165, 1.54) is 0 Å². The van der Waals surface area contributed by atoms with Crippen molar-refractivity contribution in [1.82, 2.24) is 4.90 Å². The number of hydrogen-bond acceptors (Lipinski definition) is 4. The quantitative estimate of drug-likeness (QED) is 0.823. The maximum absolute atomic E-state index is 12.7. The number of hydrogen-bond donors (Lipinski definition) is 0. The van der Waals surface area contributed by atoms with E-state index in [2.05, 4.69) is 0 Å². The highest BCUT2D eigenvalue weighted by molar-refractivity contribution is 5.94. The zero-order valence-electron chi connectivity index (χ0n) is 15.5. The van der Waals surface area contributed by atoms with Crippen LogP contribution in [0.4, 0.5) is 0 Å². The third-order valence-corrected chi connectivity index (χ3v) is 4.37. The second-order valence-corrected chi connectivity index (χ2v) is 6.60. The lowest BCUT2D eigenvalue weighted by atomic mass is 10.1. The van der Waals surface area contributed by atoms with Gasteiger partial charge < -0.3 is 19.1 Å². The molecule has 0 unspecified atom stereocenters. The number of benzene rings is 2. The van der Waals surface area contributed by atoms with Crippen molar-refractivity contribution in [2.75, 3.05) is 20.2 Å². The Morgan fingerprint density at radius 1 is 1.04 bits per heavy atom. The molecule has 0 saturated carbocycles. The third kappa shape index (κ3) is 4.35.